The van der Waals surface area contributed by atoms with Crippen molar-refractivity contribution in [3.63, 3.8) is 0 Å². The van der Waals surface area contributed by atoms with Crippen LogP contribution in [0.1, 0.15) is 40.0 Å². The molecular weight excluding hydrogens is 1070 g/mol. The van der Waals surface area contributed by atoms with Crippen LogP contribution in [0, 0.1) is 0 Å². The fourth-order valence-electron chi connectivity index (χ4n) is 1.39. The van der Waals surface area contributed by atoms with Crippen molar-refractivity contribution in [2.75, 3.05) is 18.5 Å². The van der Waals surface area contributed by atoms with E-state index in [1.807, 2.05) is 48.0 Å². The third kappa shape index (κ3) is 41.9. The number of aliphatic carboxylic acids is 3. The van der Waals surface area contributed by atoms with Crippen molar-refractivity contribution < 1.29 is 104 Å². The zero-order valence-corrected chi connectivity index (χ0v) is 29.6. The molecule has 0 bridgehead atoms. The molecule has 3 unspecified atom stereocenters. The van der Waals surface area contributed by atoms with Crippen LogP contribution < -0.4 is 15.3 Å². The van der Waals surface area contributed by atoms with Gasteiger partial charge in [0.05, 0.1) is 0 Å². The fraction of sp³-hybridized carbons (Fsp3) is 0.667. The molecule has 0 aromatic rings. The number of carbonyl (C=O) groups excluding carboxylic acids is 6. The van der Waals surface area contributed by atoms with Gasteiger partial charge in [0.15, 0.2) is 0 Å². The Morgan fingerprint density at radius 1 is 0.583 bits per heavy atom. The average Bonchev–Trinajstić information content (AvgIpc) is 2.69. The summed E-state index contributed by atoms with van der Waals surface area (Å²) in [6.07, 6.45) is -2.07. The van der Waals surface area contributed by atoms with Gasteiger partial charge >= 0.3 is 222 Å². The fourth-order valence-corrected chi connectivity index (χ4v) is 3.26. The van der Waals surface area contributed by atoms with Gasteiger partial charge in [-0.25, -0.2) is 0 Å². The smallest absolute Gasteiger partial charge is 3.00 e. The molecule has 0 fully saturated rings. The van der Waals surface area contributed by atoms with Gasteiger partial charge in [-0.2, -0.15) is 0 Å². The summed E-state index contributed by atoms with van der Waals surface area (Å²) in [5.74, 6) is -4.32. The van der Waals surface area contributed by atoms with Crippen LogP contribution in [0.15, 0.2) is 0 Å². The van der Waals surface area contributed by atoms with E-state index in [0.29, 0.717) is 7.92 Å². The standard InChI is InChI=1S/C6H15P.3C4H6O4Se.2Au/c1-4-7(5-2)6-3;3*5-2(4(8)9)1-3(6)7;;/h4-6H2,1-3H3;3*2,5H,1H2,(H,6,7)(H,8,9);;/q;;;;2*+3/p-6. The molecule has 3 N–H and O–H groups in total. The van der Waals surface area contributed by atoms with E-state index in [0.717, 1.165) is 0 Å². The summed E-state index contributed by atoms with van der Waals surface area (Å²) in [5, 5.41) is 54.5. The van der Waals surface area contributed by atoms with Crippen LogP contribution in [-0.2, 0) is 73.5 Å². The van der Waals surface area contributed by atoms with Crippen molar-refractivity contribution in [3.8, 4) is 0 Å². The molecule has 0 aliphatic carbocycles. The van der Waals surface area contributed by atoms with Crippen molar-refractivity contribution in [2.45, 2.75) is 58.3 Å². The van der Waals surface area contributed by atoms with E-state index in [1.54, 1.807) is 0 Å². The van der Waals surface area contributed by atoms with Gasteiger partial charge in [0.2, 0.25) is 0 Å². The van der Waals surface area contributed by atoms with E-state index in [9.17, 15) is 44.1 Å². The van der Waals surface area contributed by atoms with Crippen LogP contribution in [0.2, 0.25) is 0 Å². The minimum Gasteiger partial charge on any atom is 3.00 e. The van der Waals surface area contributed by atoms with E-state index < -0.39 is 69.5 Å². The molecule has 216 valence electrons. The predicted octanol–water partition coefficient (Wildman–Crippen LogP) is -5.93. The van der Waals surface area contributed by atoms with E-state index in [-0.39, 0.29) is 44.8 Å². The van der Waals surface area contributed by atoms with Gasteiger partial charge in [-0.15, -0.1) is 7.92 Å². The Balaban J connectivity index is -0.0000000822. The predicted molar refractivity (Wildman–Crippen MR) is 118 cm³/mol. The van der Waals surface area contributed by atoms with Crippen LogP contribution in [0.4, 0.5) is 0 Å². The zero-order valence-electron chi connectivity index (χ0n) is 19.3. The van der Waals surface area contributed by atoms with Gasteiger partial charge in [-0.05, 0) is 18.5 Å². The first-order valence-corrected chi connectivity index (χ1v) is 13.9. The topological polar surface area (TPSA) is 232 Å². The molecule has 0 amide bonds. The monoisotopic (exact) mass is 1100 g/mol. The van der Waals surface area contributed by atoms with Gasteiger partial charge in [-0.3, -0.25) is 0 Å². The summed E-state index contributed by atoms with van der Waals surface area (Å²) < 4.78 is -2.04. The summed E-state index contributed by atoms with van der Waals surface area (Å²) >= 11 is 5.90. The molecule has 0 radical (unpaired) electrons. The third-order valence-electron chi connectivity index (χ3n) is 3.24. The molecule has 18 heteroatoms. The van der Waals surface area contributed by atoms with Gasteiger partial charge in [0.1, 0.15) is 0 Å². The normalized spacial score (nSPS) is 11.4. The number of hydrogen-bond acceptors (Lipinski definition) is 12. The van der Waals surface area contributed by atoms with Crippen LogP contribution in [0.5, 0.6) is 0 Å². The Kier molecular flexibility index (Phi) is 44.1. The molecule has 0 aromatic heterocycles. The van der Waals surface area contributed by atoms with Crippen molar-refractivity contribution >= 4 is 87.9 Å². The van der Waals surface area contributed by atoms with Gasteiger partial charge in [0, 0.05) is 0 Å². The maximum atomic E-state index is 10.1. The molecule has 0 aromatic carbocycles. The molecule has 0 saturated carbocycles. The van der Waals surface area contributed by atoms with Gasteiger partial charge < -0.3 is 0 Å². The minimum absolute atomic E-state index is 0. The zero-order chi connectivity index (χ0) is 28.0. The Hall–Kier alpha value is 0.769. The maximum absolute atomic E-state index is 10.1. The Morgan fingerprint density at radius 3 is 0.778 bits per heavy atom. The van der Waals surface area contributed by atoms with Crippen molar-refractivity contribution in [1.82, 2.24) is 0 Å². The Bertz CT molecular complexity index is 573. The molecule has 0 rings (SSSR count). The first-order valence-electron chi connectivity index (χ1n) is 9.45. The molecule has 0 aliphatic rings. The van der Waals surface area contributed by atoms with E-state index in [4.69, 9.17) is 15.3 Å². The van der Waals surface area contributed by atoms with E-state index in [1.165, 1.54) is 18.5 Å². The molecular formula is C18H27Au2O12PSe3. The van der Waals surface area contributed by atoms with Crippen LogP contribution in [0.3, 0.4) is 0 Å². The summed E-state index contributed by atoms with van der Waals surface area (Å²) in [4.78, 5) is 59.3. The number of aliphatic hydroxyl groups is 3. The SMILES string of the molecule is CCP(CC)CC.O=C([O-])CC(O)C(=O)[Se-].O=C([O-])CC(O)C(=O)[Se-].O=C([O-])CC(O)C(=O)[Se-].[Au+3].[Au+3]. The molecule has 0 aliphatic heterocycles. The second kappa shape index (κ2) is 32.0. The summed E-state index contributed by atoms with van der Waals surface area (Å²) in [6.45, 7) is 6.87. The average molecular weight is 1100 g/mol. The largest absolute Gasteiger partial charge is 3.00 e. The summed E-state index contributed by atoms with van der Waals surface area (Å²) in [7, 11) is 0.446. The van der Waals surface area contributed by atoms with E-state index in [2.05, 4.69) is 20.8 Å². The number of aliphatic hydroxyl groups excluding tert-OH is 3. The van der Waals surface area contributed by atoms with Crippen molar-refractivity contribution in [3.05, 3.63) is 0 Å². The van der Waals surface area contributed by atoms with E-state index >= 15 is 0 Å². The number of hydrogen-bond donors (Lipinski definition) is 3. The van der Waals surface area contributed by atoms with Gasteiger partial charge in [0.25, 0.3) is 0 Å². The van der Waals surface area contributed by atoms with Gasteiger partial charge in [-0.1, -0.05) is 20.8 Å². The molecule has 0 spiro atoms. The molecule has 0 saturated heterocycles. The molecule has 3 atom stereocenters. The summed E-state index contributed by atoms with van der Waals surface area (Å²) in [6, 6.07) is 0. The third-order valence-corrected chi connectivity index (χ3v) is 7.63. The molecule has 0 heterocycles. The Morgan fingerprint density at radius 2 is 0.750 bits per heavy atom. The second-order valence-electron chi connectivity index (χ2n) is 5.85. The first-order chi connectivity index (χ1) is 15.5. The maximum Gasteiger partial charge on any atom is 3.00 e. The number of rotatable bonds is 12. The van der Waals surface area contributed by atoms with Crippen LogP contribution in [0.25, 0.3) is 0 Å². The number of carboxylic acids is 3. The summed E-state index contributed by atoms with van der Waals surface area (Å²) in [5.41, 5.74) is 0. The first kappa shape index (κ1) is 49.7. The van der Waals surface area contributed by atoms with Crippen molar-refractivity contribution in [2.24, 2.45) is 0 Å². The number of carboxylic acid groups (broad SMARTS) is 3. The molecule has 36 heavy (non-hydrogen) atoms. The van der Waals surface area contributed by atoms with Crippen LogP contribution in [-0.4, -0.2) is 132 Å². The number of carbonyl (C=O) groups is 6. The Labute approximate surface area is 266 Å². The molecule has 12 nitrogen and oxygen atoms in total. The van der Waals surface area contributed by atoms with Crippen molar-refractivity contribution in [1.29, 1.82) is 0 Å². The minimum atomic E-state index is -1.46. The van der Waals surface area contributed by atoms with Crippen LogP contribution >= 0.6 is 7.92 Å². The second-order valence-corrected chi connectivity index (χ2v) is 11.6. The quantitative estimate of drug-likeness (QED) is 0.123.